The smallest absolute Gasteiger partial charge is 0.370 e. The predicted molar refractivity (Wildman–Crippen MR) is 62.8 cm³/mol. The van der Waals surface area contributed by atoms with Crippen LogP contribution in [0.5, 0.6) is 5.75 Å². The Labute approximate surface area is 118 Å². The molecule has 1 fully saturated rings. The summed E-state index contributed by atoms with van der Waals surface area (Å²) in [5, 5.41) is 0. The van der Waals surface area contributed by atoms with Crippen molar-refractivity contribution in [3.05, 3.63) is 29.8 Å². The summed E-state index contributed by atoms with van der Waals surface area (Å²) in [6.07, 6.45) is -0.233. The third-order valence-electron chi connectivity index (χ3n) is 2.29. The van der Waals surface area contributed by atoms with E-state index in [1.807, 2.05) is 0 Å². The molecule has 0 aromatic heterocycles. The fraction of sp³-hybridized carbons (Fsp3) is 0.333. The van der Waals surface area contributed by atoms with Gasteiger partial charge < -0.3 is 8.92 Å². The lowest BCUT2D eigenvalue weighted by molar-refractivity contribution is -0.0442. The summed E-state index contributed by atoms with van der Waals surface area (Å²) in [6.45, 7) is 0.427. The normalized spacial score (nSPS) is 19.3. The van der Waals surface area contributed by atoms with Crippen molar-refractivity contribution < 1.29 is 38.9 Å². The van der Waals surface area contributed by atoms with E-state index in [0.29, 0.717) is 16.3 Å². The van der Waals surface area contributed by atoms with Crippen molar-refractivity contribution in [2.45, 2.75) is 11.6 Å². The molecule has 1 aromatic rings. The van der Waals surface area contributed by atoms with Gasteiger partial charge in [-0.15, -0.1) is 0 Å². The van der Waals surface area contributed by atoms with E-state index in [1.54, 1.807) is 6.07 Å². The van der Waals surface area contributed by atoms with Gasteiger partial charge in [-0.05, 0) is 17.7 Å². The fourth-order valence-electron chi connectivity index (χ4n) is 1.33. The molecule has 0 spiro atoms. The van der Waals surface area contributed by atoms with Gasteiger partial charge in [0.2, 0.25) is 0 Å². The fourth-order valence-corrected chi connectivity index (χ4v) is 3.28. The molecule has 21 heavy (non-hydrogen) atoms. The molecular formula is C9H8F3NO6S2. The highest BCUT2D eigenvalue weighted by Crippen LogP contribution is 2.32. The number of rotatable bonds is 5. The van der Waals surface area contributed by atoms with Gasteiger partial charge in [-0.2, -0.15) is 21.6 Å². The van der Waals surface area contributed by atoms with Gasteiger partial charge in [0, 0.05) is 0 Å². The molecule has 1 saturated heterocycles. The van der Waals surface area contributed by atoms with Crippen LogP contribution < -0.4 is 8.31 Å². The zero-order valence-corrected chi connectivity index (χ0v) is 11.6. The van der Waals surface area contributed by atoms with Crippen LogP contribution >= 0.6 is 0 Å². The van der Waals surface area contributed by atoms with Gasteiger partial charge in [-0.3, -0.25) is 0 Å². The zero-order valence-electron chi connectivity index (χ0n) is 9.99. The summed E-state index contributed by atoms with van der Waals surface area (Å²) < 4.78 is 90.0. The number of epoxide rings is 1. The van der Waals surface area contributed by atoms with Gasteiger partial charge in [-0.25, -0.2) is 8.42 Å². The Balaban J connectivity index is 2.16. The maximum absolute atomic E-state index is 12.1. The summed E-state index contributed by atoms with van der Waals surface area (Å²) in [5.74, 6) is -0.340. The van der Waals surface area contributed by atoms with Crippen LogP contribution in [0.3, 0.4) is 0 Å². The first-order valence-electron chi connectivity index (χ1n) is 5.26. The summed E-state index contributed by atoms with van der Waals surface area (Å²) in [6, 6.07) is 5.35. The molecule has 1 heterocycles. The molecule has 0 saturated carbocycles. The molecule has 1 aromatic carbocycles. The Morgan fingerprint density at radius 2 is 1.86 bits per heavy atom. The Morgan fingerprint density at radius 3 is 2.38 bits per heavy atom. The zero-order chi connectivity index (χ0) is 15.9. The molecule has 1 aliphatic heterocycles. The number of hydrogen-bond donors (Lipinski definition) is 1. The molecular weight excluding hydrogens is 339 g/mol. The SMILES string of the molecule is O=S(=O)(NS(=O)(=O)C(F)(F)F)Oc1cccc(C2CO2)c1. The lowest BCUT2D eigenvalue weighted by Crippen LogP contribution is -2.42. The topological polar surface area (TPSA) is 102 Å². The average molecular weight is 347 g/mol. The van der Waals surface area contributed by atoms with E-state index in [0.717, 1.165) is 6.07 Å². The molecule has 12 heteroatoms. The molecule has 1 unspecified atom stereocenters. The maximum Gasteiger partial charge on any atom is 0.512 e. The Hall–Kier alpha value is -1.37. The number of hydrogen-bond acceptors (Lipinski definition) is 6. The summed E-state index contributed by atoms with van der Waals surface area (Å²) in [7, 11) is -11.3. The van der Waals surface area contributed by atoms with Crippen LogP contribution in [0.15, 0.2) is 24.3 Å². The number of ether oxygens (including phenoxy) is 1. The number of benzene rings is 1. The van der Waals surface area contributed by atoms with Crippen molar-refractivity contribution in [2.75, 3.05) is 6.61 Å². The van der Waals surface area contributed by atoms with E-state index in [-0.39, 0.29) is 11.9 Å². The van der Waals surface area contributed by atoms with Gasteiger partial charge in [0.15, 0.2) is 0 Å². The van der Waals surface area contributed by atoms with Crippen LogP contribution in [0.1, 0.15) is 11.7 Å². The van der Waals surface area contributed by atoms with Crippen molar-refractivity contribution in [3.8, 4) is 5.75 Å². The molecule has 1 atom stereocenters. The Bertz CT molecular complexity index is 739. The van der Waals surface area contributed by atoms with Gasteiger partial charge in [0.05, 0.1) is 6.61 Å². The third kappa shape index (κ3) is 4.06. The minimum atomic E-state index is -6.08. The monoisotopic (exact) mass is 347 g/mol. The van der Waals surface area contributed by atoms with Crippen LogP contribution in [0.25, 0.3) is 0 Å². The minimum absolute atomic E-state index is 0.233. The second-order valence-corrected chi connectivity index (χ2v) is 7.18. The first-order valence-corrected chi connectivity index (χ1v) is 8.15. The number of sulfonamides is 1. The van der Waals surface area contributed by atoms with Crippen LogP contribution in [0, 0.1) is 0 Å². The van der Waals surface area contributed by atoms with Crippen molar-refractivity contribution >= 4 is 20.3 Å². The van der Waals surface area contributed by atoms with Crippen LogP contribution in [0.4, 0.5) is 13.2 Å². The summed E-state index contributed by atoms with van der Waals surface area (Å²) in [5.41, 5.74) is -5.21. The molecule has 0 amide bonds. The molecule has 0 radical (unpaired) electrons. The highest BCUT2D eigenvalue weighted by molar-refractivity contribution is 8.03. The molecule has 0 bridgehead atoms. The van der Waals surface area contributed by atoms with Crippen molar-refractivity contribution in [1.82, 2.24) is 4.13 Å². The summed E-state index contributed by atoms with van der Waals surface area (Å²) in [4.78, 5) is 0. The van der Waals surface area contributed by atoms with Gasteiger partial charge in [-0.1, -0.05) is 16.3 Å². The minimum Gasteiger partial charge on any atom is -0.370 e. The molecule has 2 rings (SSSR count). The summed E-state index contributed by atoms with van der Waals surface area (Å²) >= 11 is 0. The van der Waals surface area contributed by atoms with Crippen molar-refractivity contribution in [1.29, 1.82) is 0 Å². The molecule has 1 N–H and O–H groups in total. The van der Waals surface area contributed by atoms with E-state index in [9.17, 15) is 30.0 Å². The number of halogens is 3. The van der Waals surface area contributed by atoms with Gasteiger partial charge in [0.25, 0.3) is 0 Å². The molecule has 1 aliphatic rings. The first-order chi connectivity index (χ1) is 9.50. The predicted octanol–water partition coefficient (Wildman–Crippen LogP) is 0.821. The van der Waals surface area contributed by atoms with Crippen LogP contribution in [0.2, 0.25) is 0 Å². The highest BCUT2D eigenvalue weighted by Gasteiger charge is 2.48. The Morgan fingerprint density at radius 1 is 1.24 bits per heavy atom. The lowest BCUT2D eigenvalue weighted by Gasteiger charge is -2.11. The Kier molecular flexibility index (Phi) is 3.90. The third-order valence-corrected chi connectivity index (χ3v) is 5.00. The second-order valence-electron chi connectivity index (χ2n) is 3.96. The number of nitrogens with one attached hydrogen (secondary N) is 1. The average Bonchev–Trinajstić information content (AvgIpc) is 3.08. The van der Waals surface area contributed by atoms with E-state index in [4.69, 9.17) is 4.74 Å². The molecule has 118 valence electrons. The second kappa shape index (κ2) is 5.12. The van der Waals surface area contributed by atoms with E-state index < -0.39 is 25.8 Å². The van der Waals surface area contributed by atoms with Crippen molar-refractivity contribution in [3.63, 3.8) is 0 Å². The van der Waals surface area contributed by atoms with Crippen LogP contribution in [-0.4, -0.2) is 29.0 Å². The van der Waals surface area contributed by atoms with E-state index in [1.165, 1.54) is 12.1 Å². The van der Waals surface area contributed by atoms with Crippen LogP contribution in [-0.2, 0) is 25.1 Å². The number of alkyl halides is 3. The molecule has 7 nitrogen and oxygen atoms in total. The van der Waals surface area contributed by atoms with Crippen molar-refractivity contribution in [2.24, 2.45) is 0 Å². The maximum atomic E-state index is 12.1. The van der Waals surface area contributed by atoms with E-state index >= 15 is 0 Å². The quantitative estimate of drug-likeness (QED) is 0.791. The largest absolute Gasteiger partial charge is 0.512 e. The first kappa shape index (κ1) is 16.0. The van der Waals surface area contributed by atoms with E-state index in [2.05, 4.69) is 4.18 Å². The highest BCUT2D eigenvalue weighted by atomic mass is 32.3. The molecule has 0 aliphatic carbocycles. The lowest BCUT2D eigenvalue weighted by atomic mass is 10.1. The standard InChI is InChI=1S/C9H8F3NO6S2/c10-9(11,12)20(14,15)13-21(16,17)19-7-3-1-2-6(4-7)8-5-18-8/h1-4,8,13H,5H2. The van der Waals surface area contributed by atoms with Gasteiger partial charge in [0.1, 0.15) is 11.9 Å². The van der Waals surface area contributed by atoms with Gasteiger partial charge >= 0.3 is 25.8 Å².